The van der Waals surface area contributed by atoms with E-state index in [1.165, 1.54) is 54.9 Å². The first-order valence-electron chi connectivity index (χ1n) is 8.06. The van der Waals surface area contributed by atoms with Gasteiger partial charge in [-0.05, 0) is 0 Å². The molecule has 0 saturated heterocycles. The quantitative estimate of drug-likeness (QED) is 0.362. The van der Waals surface area contributed by atoms with Crippen molar-refractivity contribution in [2.24, 2.45) is 0 Å². The molecule has 20 heavy (non-hydrogen) atoms. The maximum atomic E-state index is 7.19. The summed E-state index contributed by atoms with van der Waals surface area (Å²) in [7, 11) is 0. The summed E-state index contributed by atoms with van der Waals surface area (Å²) in [6, 6.07) is 0. The molecule has 0 saturated carbocycles. The molecule has 1 aromatic heterocycles. The molecule has 0 atom stereocenters. The van der Waals surface area contributed by atoms with Crippen LogP contribution >= 0.6 is 11.3 Å². The van der Waals surface area contributed by atoms with Crippen LogP contribution < -0.4 is 3.02 Å². The van der Waals surface area contributed by atoms with E-state index in [9.17, 15) is 0 Å². The van der Waals surface area contributed by atoms with Crippen LogP contribution in [-0.4, -0.2) is 23.4 Å². The second-order valence-corrected chi connectivity index (χ2v) is 20.7. The molecule has 0 unspecified atom stereocenters. The molecule has 4 heteroatoms. The Morgan fingerprint density at radius 3 is 1.90 bits per heavy atom. The van der Waals surface area contributed by atoms with Crippen LogP contribution in [-0.2, 0) is 0 Å². The third-order valence-corrected chi connectivity index (χ3v) is 22.7. The summed E-state index contributed by atoms with van der Waals surface area (Å²) < 4.78 is 5.75. The molecule has 0 N–H and O–H groups in total. The van der Waals surface area contributed by atoms with Gasteiger partial charge in [0.25, 0.3) is 0 Å². The van der Waals surface area contributed by atoms with Crippen molar-refractivity contribution in [2.45, 2.75) is 72.6 Å². The summed E-state index contributed by atoms with van der Waals surface area (Å²) in [6.45, 7) is 14.1. The van der Waals surface area contributed by atoms with Gasteiger partial charge in [-0.1, -0.05) is 0 Å². The zero-order valence-electron chi connectivity index (χ0n) is 13.2. The fourth-order valence-corrected chi connectivity index (χ4v) is 22.0. The van der Waals surface area contributed by atoms with Crippen molar-refractivity contribution in [1.82, 2.24) is 4.98 Å². The van der Waals surface area contributed by atoms with Gasteiger partial charge in [-0.3, -0.25) is 0 Å². The van der Waals surface area contributed by atoms with Gasteiger partial charge in [0, 0.05) is 0 Å². The van der Waals surface area contributed by atoms with Crippen LogP contribution in [0.1, 0.15) is 59.3 Å². The number of unbranched alkanes of at least 4 members (excludes halogenated alkanes) is 3. The molecule has 0 aromatic carbocycles. The van der Waals surface area contributed by atoms with E-state index in [-0.39, 0.29) is 0 Å². The van der Waals surface area contributed by atoms with Gasteiger partial charge in [-0.15, -0.1) is 0 Å². The van der Waals surface area contributed by atoms with Crippen LogP contribution in [0.3, 0.4) is 0 Å². The maximum absolute atomic E-state index is 7.19. The Morgan fingerprint density at radius 2 is 1.55 bits per heavy atom. The predicted molar refractivity (Wildman–Crippen MR) is 92.9 cm³/mol. The Balaban J connectivity index is 3.01. The van der Waals surface area contributed by atoms with Gasteiger partial charge in [-0.25, -0.2) is 0 Å². The average molecular weight is 399 g/mol. The summed E-state index contributed by atoms with van der Waals surface area (Å²) in [6.07, 6.45) is 9.76. The van der Waals surface area contributed by atoms with E-state index in [2.05, 4.69) is 25.6 Å². The van der Waals surface area contributed by atoms with Crippen molar-refractivity contribution in [3.63, 3.8) is 0 Å². The van der Waals surface area contributed by atoms with E-state index in [0.717, 1.165) is 5.00 Å². The average Bonchev–Trinajstić information content (AvgIpc) is 2.96. The molecule has 0 aliphatic heterocycles. The number of hydrogen-bond acceptors (Lipinski definition) is 2. The fourth-order valence-electron chi connectivity index (χ4n) is 2.80. The van der Waals surface area contributed by atoms with Gasteiger partial charge < -0.3 is 0 Å². The summed E-state index contributed by atoms with van der Waals surface area (Å²) >= 11 is -0.616. The Kier molecular flexibility index (Phi) is 8.79. The van der Waals surface area contributed by atoms with E-state index in [1.54, 1.807) is 11.3 Å². The van der Waals surface area contributed by atoms with E-state index >= 15 is 0 Å². The molecule has 0 aliphatic carbocycles. The third-order valence-electron chi connectivity index (χ3n) is 4.08. The number of hydrogen-bond donors (Lipinski definition) is 0. The third kappa shape index (κ3) is 5.03. The topological polar surface area (TPSA) is 17.2 Å². The molecule has 0 spiro atoms. The summed E-state index contributed by atoms with van der Waals surface area (Å²) in [5.41, 5.74) is 0. The first-order chi connectivity index (χ1) is 9.72. The molecule has 1 aromatic rings. The van der Waals surface area contributed by atoms with Crippen LogP contribution in [0.25, 0.3) is 4.85 Å². The molecule has 0 amide bonds. The van der Waals surface area contributed by atoms with E-state index in [1.807, 2.05) is 6.20 Å². The minimum atomic E-state index is -2.34. The van der Waals surface area contributed by atoms with E-state index in [4.69, 9.17) is 11.6 Å². The summed E-state index contributed by atoms with van der Waals surface area (Å²) in [4.78, 5) is 8.30. The van der Waals surface area contributed by atoms with Crippen molar-refractivity contribution in [2.75, 3.05) is 0 Å². The van der Waals surface area contributed by atoms with Crippen LogP contribution in [0.4, 0.5) is 5.00 Å². The SMILES string of the molecule is [C-]#[N+]c1cn[c]([Sn]([CH2]CCC)([CH2]CCC)[CH2]CCC)s1. The number of thiazole rings is 1. The zero-order valence-corrected chi connectivity index (χ0v) is 16.9. The van der Waals surface area contributed by atoms with Gasteiger partial charge >= 0.3 is 133 Å². The number of aromatic nitrogens is 1. The van der Waals surface area contributed by atoms with Crippen LogP contribution in [0, 0.1) is 6.57 Å². The fraction of sp³-hybridized carbons (Fsp3) is 0.750. The van der Waals surface area contributed by atoms with E-state index < -0.39 is 18.4 Å². The molecule has 112 valence electrons. The number of nitrogens with zero attached hydrogens (tertiary/aromatic N) is 2. The molecule has 0 fully saturated rings. The Morgan fingerprint density at radius 1 is 1.05 bits per heavy atom. The van der Waals surface area contributed by atoms with Crippen molar-refractivity contribution < 1.29 is 0 Å². The standard InChI is InChI=1S/C4HN2S.3C4H9.Sn/c1-5-4-2-6-3-7-4;3*1-3-4-2;/h2H;3*1,3-4H2,2H3;. The Hall–Kier alpha value is -0.0813. The first kappa shape index (κ1) is 18.0. The van der Waals surface area contributed by atoms with Gasteiger partial charge in [0.15, 0.2) is 0 Å². The number of rotatable bonds is 10. The van der Waals surface area contributed by atoms with Crippen LogP contribution in [0.15, 0.2) is 6.20 Å². The molecular formula is C16H28N2SSn. The molecular weight excluding hydrogens is 371 g/mol. The monoisotopic (exact) mass is 400 g/mol. The Labute approximate surface area is 132 Å². The normalized spacial score (nSPS) is 11.5. The zero-order chi connectivity index (χ0) is 14.8. The van der Waals surface area contributed by atoms with Gasteiger partial charge in [0.05, 0.1) is 0 Å². The second-order valence-electron chi connectivity index (χ2n) is 5.71. The predicted octanol–water partition coefficient (Wildman–Crippen LogP) is 5.75. The Bertz CT molecular complexity index is 401. The van der Waals surface area contributed by atoms with Crippen LogP contribution in [0.2, 0.25) is 13.3 Å². The van der Waals surface area contributed by atoms with Crippen molar-refractivity contribution in [1.29, 1.82) is 0 Å². The first-order valence-corrected chi connectivity index (χ1v) is 16.4. The van der Waals surface area contributed by atoms with Gasteiger partial charge in [0.2, 0.25) is 0 Å². The van der Waals surface area contributed by atoms with Crippen molar-refractivity contribution in [3.8, 4) is 0 Å². The molecule has 0 bridgehead atoms. The molecule has 0 aliphatic rings. The van der Waals surface area contributed by atoms with Crippen molar-refractivity contribution in [3.05, 3.63) is 17.6 Å². The molecule has 1 heterocycles. The summed E-state index contributed by atoms with van der Waals surface area (Å²) in [5, 5.41) is 0.797. The van der Waals surface area contributed by atoms with Gasteiger partial charge in [-0.2, -0.15) is 0 Å². The van der Waals surface area contributed by atoms with E-state index in [0.29, 0.717) is 0 Å². The molecule has 2 nitrogen and oxygen atoms in total. The van der Waals surface area contributed by atoms with Crippen molar-refractivity contribution >= 4 is 37.7 Å². The molecule has 1 rings (SSSR count). The minimum absolute atomic E-state index is 0.797. The second kappa shape index (κ2) is 9.78. The van der Waals surface area contributed by atoms with Gasteiger partial charge in [0.1, 0.15) is 0 Å². The summed E-state index contributed by atoms with van der Waals surface area (Å²) in [5.74, 6) is 0. The van der Waals surface area contributed by atoms with Crippen LogP contribution in [0.5, 0.6) is 0 Å². The molecule has 0 radical (unpaired) electrons.